The van der Waals surface area contributed by atoms with E-state index >= 15 is 0 Å². The second-order valence-corrected chi connectivity index (χ2v) is 5.21. The summed E-state index contributed by atoms with van der Waals surface area (Å²) in [6.07, 6.45) is 3.07. The van der Waals surface area contributed by atoms with Crippen molar-refractivity contribution in [2.75, 3.05) is 27.2 Å². The molecule has 0 fully saturated rings. The zero-order valence-electron chi connectivity index (χ0n) is 13.3. The van der Waals surface area contributed by atoms with Crippen LogP contribution in [-0.2, 0) is 9.59 Å². The minimum Gasteiger partial charge on any atom is -0.481 e. The van der Waals surface area contributed by atoms with Crippen molar-refractivity contribution in [2.24, 2.45) is 11.7 Å². The molecular weight excluding hydrogens is 276 g/mol. The highest BCUT2D eigenvalue weighted by Gasteiger charge is 2.24. The molecule has 126 valence electrons. The number of hydrogen-bond acceptors (Lipinski definition) is 5. The number of rotatable bonds is 10. The Morgan fingerprint density at radius 2 is 1.62 bits per heavy atom. The van der Waals surface area contributed by atoms with Crippen LogP contribution >= 0.6 is 0 Å². The molecule has 0 radical (unpaired) electrons. The van der Waals surface area contributed by atoms with Gasteiger partial charge in [-0.3, -0.25) is 9.59 Å². The lowest BCUT2D eigenvalue weighted by atomic mass is 9.99. The Labute approximate surface area is 126 Å². The van der Waals surface area contributed by atoms with Gasteiger partial charge in [-0.25, -0.2) is 0 Å². The number of carboxylic acids is 2. The van der Waals surface area contributed by atoms with E-state index in [2.05, 4.69) is 4.90 Å². The molecule has 0 aliphatic heterocycles. The Kier molecular flexibility index (Phi) is 14.5. The highest BCUT2D eigenvalue weighted by Crippen LogP contribution is 2.11. The van der Waals surface area contributed by atoms with Crippen molar-refractivity contribution in [3.8, 4) is 0 Å². The summed E-state index contributed by atoms with van der Waals surface area (Å²) in [5.41, 5.74) is 5.62. The third kappa shape index (κ3) is 15.0. The second-order valence-electron chi connectivity index (χ2n) is 5.21. The van der Waals surface area contributed by atoms with E-state index in [0.717, 1.165) is 19.4 Å². The Morgan fingerprint density at radius 1 is 1.10 bits per heavy atom. The predicted molar refractivity (Wildman–Crippen MR) is 81.1 cm³/mol. The Bertz CT molecular complexity index is 271. The Hall–Kier alpha value is -1.18. The fraction of sp³-hybridized carbons (Fsp3) is 0.857. The van der Waals surface area contributed by atoms with E-state index in [0.29, 0.717) is 19.4 Å². The first-order valence-electron chi connectivity index (χ1n) is 7.22. The van der Waals surface area contributed by atoms with Gasteiger partial charge in [0.2, 0.25) is 0 Å². The molecule has 0 saturated carbocycles. The lowest BCUT2D eigenvalue weighted by Crippen LogP contribution is -2.24. The van der Waals surface area contributed by atoms with Crippen molar-refractivity contribution in [1.82, 2.24) is 4.90 Å². The number of aliphatic hydroxyl groups excluding tert-OH is 1. The summed E-state index contributed by atoms with van der Waals surface area (Å²) in [4.78, 5) is 23.0. The summed E-state index contributed by atoms with van der Waals surface area (Å²) >= 11 is 0. The van der Waals surface area contributed by atoms with Crippen molar-refractivity contribution < 1.29 is 24.9 Å². The summed E-state index contributed by atoms with van der Waals surface area (Å²) in [5.74, 6) is -3.84. The predicted octanol–water partition coefficient (Wildman–Crippen LogP) is 0.610. The van der Waals surface area contributed by atoms with Crippen molar-refractivity contribution in [1.29, 1.82) is 0 Å². The molecule has 0 amide bonds. The Balaban J connectivity index is 0. The molecule has 0 aliphatic rings. The van der Waals surface area contributed by atoms with Crippen LogP contribution in [0.5, 0.6) is 0 Å². The first-order chi connectivity index (χ1) is 9.76. The number of carbonyl (C=O) groups is 2. The summed E-state index contributed by atoms with van der Waals surface area (Å²) in [6.45, 7) is 3.23. The summed E-state index contributed by atoms with van der Waals surface area (Å²) < 4.78 is 0. The molecule has 5 N–H and O–H groups in total. The van der Waals surface area contributed by atoms with Crippen molar-refractivity contribution in [3.05, 3.63) is 0 Å². The molecule has 7 nitrogen and oxygen atoms in total. The van der Waals surface area contributed by atoms with Gasteiger partial charge in [0.25, 0.3) is 0 Å². The maximum absolute atomic E-state index is 10.5. The number of nitrogens with zero attached hydrogens (tertiary/aromatic N) is 1. The molecule has 0 aromatic carbocycles. The lowest BCUT2D eigenvalue weighted by molar-refractivity contribution is -0.154. The topological polar surface area (TPSA) is 124 Å². The molecule has 0 aromatic heterocycles. The van der Waals surface area contributed by atoms with Crippen LogP contribution in [0, 0.1) is 5.92 Å². The fourth-order valence-electron chi connectivity index (χ4n) is 1.53. The number of aliphatic carboxylic acids is 2. The van der Waals surface area contributed by atoms with E-state index in [-0.39, 0.29) is 12.5 Å². The van der Waals surface area contributed by atoms with E-state index in [9.17, 15) is 9.59 Å². The monoisotopic (exact) mass is 306 g/mol. The minimum absolute atomic E-state index is 0.0400. The van der Waals surface area contributed by atoms with Crippen LogP contribution in [-0.4, -0.2) is 65.4 Å². The normalized spacial score (nSPS) is 12.0. The standard InChI is InChI=1S/C9H17NO4.C5H13NO/c1-2-6(10)4-3-5-7(8(11)12)9(13)14;1-6(2)4-3-5-7/h6-7H,2-5,10H2,1H3,(H,11,12)(H,13,14);7H,3-5H2,1-2H3. The maximum Gasteiger partial charge on any atom is 0.317 e. The van der Waals surface area contributed by atoms with Gasteiger partial charge in [-0.1, -0.05) is 13.3 Å². The maximum atomic E-state index is 10.5. The number of aliphatic hydroxyl groups is 1. The summed E-state index contributed by atoms with van der Waals surface area (Å²) in [5, 5.41) is 25.4. The van der Waals surface area contributed by atoms with Crippen LogP contribution in [0.2, 0.25) is 0 Å². The van der Waals surface area contributed by atoms with Gasteiger partial charge in [0, 0.05) is 12.6 Å². The third-order valence-electron chi connectivity index (χ3n) is 2.95. The van der Waals surface area contributed by atoms with E-state index in [1.165, 1.54) is 0 Å². The highest BCUT2D eigenvalue weighted by atomic mass is 16.4. The molecule has 0 rings (SSSR count). The van der Waals surface area contributed by atoms with Crippen molar-refractivity contribution >= 4 is 11.9 Å². The van der Waals surface area contributed by atoms with Gasteiger partial charge in [0.1, 0.15) is 0 Å². The highest BCUT2D eigenvalue weighted by molar-refractivity contribution is 5.92. The van der Waals surface area contributed by atoms with E-state index in [4.69, 9.17) is 21.1 Å². The van der Waals surface area contributed by atoms with Crippen LogP contribution in [0.15, 0.2) is 0 Å². The molecule has 0 bridgehead atoms. The number of nitrogens with two attached hydrogens (primary N) is 1. The van der Waals surface area contributed by atoms with Crippen LogP contribution in [0.3, 0.4) is 0 Å². The summed E-state index contributed by atoms with van der Waals surface area (Å²) in [7, 11) is 3.99. The molecule has 0 saturated heterocycles. The molecule has 0 heterocycles. The third-order valence-corrected chi connectivity index (χ3v) is 2.95. The number of hydrogen-bond donors (Lipinski definition) is 4. The van der Waals surface area contributed by atoms with Gasteiger partial charge in [0.15, 0.2) is 5.92 Å². The average molecular weight is 306 g/mol. The number of carboxylic acid groups (broad SMARTS) is 2. The van der Waals surface area contributed by atoms with E-state index in [1.54, 1.807) is 0 Å². The minimum atomic E-state index is -1.29. The van der Waals surface area contributed by atoms with Crippen LogP contribution in [0.1, 0.15) is 39.0 Å². The summed E-state index contributed by atoms with van der Waals surface area (Å²) in [6, 6.07) is 0.0400. The van der Waals surface area contributed by atoms with Crippen LogP contribution in [0.4, 0.5) is 0 Å². The van der Waals surface area contributed by atoms with Crippen LogP contribution < -0.4 is 5.73 Å². The van der Waals surface area contributed by atoms with E-state index in [1.807, 2.05) is 21.0 Å². The van der Waals surface area contributed by atoms with Crippen molar-refractivity contribution in [2.45, 2.75) is 45.1 Å². The second kappa shape index (κ2) is 13.8. The van der Waals surface area contributed by atoms with Crippen molar-refractivity contribution in [3.63, 3.8) is 0 Å². The smallest absolute Gasteiger partial charge is 0.317 e. The molecule has 0 spiro atoms. The largest absolute Gasteiger partial charge is 0.481 e. The van der Waals surface area contributed by atoms with E-state index < -0.39 is 17.9 Å². The zero-order chi connectivity index (χ0) is 16.8. The molecule has 21 heavy (non-hydrogen) atoms. The molecule has 0 aliphatic carbocycles. The van der Waals surface area contributed by atoms with Gasteiger partial charge in [-0.15, -0.1) is 0 Å². The van der Waals surface area contributed by atoms with Gasteiger partial charge in [-0.05, 0) is 46.3 Å². The fourth-order valence-corrected chi connectivity index (χ4v) is 1.53. The van der Waals surface area contributed by atoms with Gasteiger partial charge < -0.3 is 26.0 Å². The van der Waals surface area contributed by atoms with Crippen LogP contribution in [0.25, 0.3) is 0 Å². The molecule has 1 unspecified atom stereocenters. The average Bonchev–Trinajstić information content (AvgIpc) is 2.40. The first-order valence-corrected chi connectivity index (χ1v) is 7.22. The lowest BCUT2D eigenvalue weighted by Gasteiger charge is -2.10. The molecule has 7 heteroatoms. The Morgan fingerprint density at radius 3 is 1.90 bits per heavy atom. The van der Waals surface area contributed by atoms with Gasteiger partial charge in [0.05, 0.1) is 0 Å². The SMILES string of the molecule is CCC(N)CCCC(C(=O)O)C(=O)O.CN(C)CCCO. The first kappa shape index (κ1) is 22.1. The zero-order valence-corrected chi connectivity index (χ0v) is 13.3. The van der Waals surface area contributed by atoms with Gasteiger partial charge >= 0.3 is 11.9 Å². The molecular formula is C14H30N2O5. The quantitative estimate of drug-likeness (QED) is 0.436. The molecule has 1 atom stereocenters. The molecule has 0 aromatic rings. The van der Waals surface area contributed by atoms with Gasteiger partial charge in [-0.2, -0.15) is 0 Å².